The summed E-state index contributed by atoms with van der Waals surface area (Å²) >= 11 is 9.82. The first-order chi connectivity index (χ1) is 9.25. The van der Waals surface area contributed by atoms with Crippen molar-refractivity contribution >= 4 is 55.5 Å². The van der Waals surface area contributed by atoms with Crippen molar-refractivity contribution in [1.29, 1.82) is 0 Å². The van der Waals surface area contributed by atoms with Gasteiger partial charge in [-0.25, -0.2) is 0 Å². The Labute approximate surface area is 124 Å². The summed E-state index contributed by atoms with van der Waals surface area (Å²) in [4.78, 5) is 0. The Balaban J connectivity index is 2.26. The maximum atomic E-state index is 6.23. The number of allylic oxidation sites excluding steroid dienone is 1. The monoisotopic (exact) mass is 332 g/mol. The van der Waals surface area contributed by atoms with Crippen LogP contribution in [0.25, 0.3) is 28.0 Å². The standard InChI is InChI=1S/C16H10BrClO/c17-16-11(18)6-8-13-15(16)14-10-4-2-1-3-9(10)5-7-12(14)19-13/h1,3,5-8H,2,4H2. The lowest BCUT2D eigenvalue weighted by atomic mass is 9.93. The van der Waals surface area contributed by atoms with E-state index in [-0.39, 0.29) is 0 Å². The molecule has 1 aliphatic carbocycles. The zero-order chi connectivity index (χ0) is 13.0. The van der Waals surface area contributed by atoms with Crippen molar-refractivity contribution in [2.24, 2.45) is 0 Å². The second-order valence-corrected chi connectivity index (χ2v) is 5.98. The van der Waals surface area contributed by atoms with Gasteiger partial charge in [-0.1, -0.05) is 29.8 Å². The lowest BCUT2D eigenvalue weighted by Gasteiger charge is -2.11. The van der Waals surface area contributed by atoms with E-state index in [2.05, 4.69) is 34.1 Å². The Morgan fingerprint density at radius 1 is 1.05 bits per heavy atom. The molecule has 1 aromatic heterocycles. The molecule has 0 unspecified atom stereocenters. The third kappa shape index (κ3) is 1.60. The van der Waals surface area contributed by atoms with E-state index in [0.717, 1.165) is 38.9 Å². The van der Waals surface area contributed by atoms with E-state index >= 15 is 0 Å². The molecule has 0 saturated heterocycles. The Morgan fingerprint density at radius 2 is 1.84 bits per heavy atom. The molecule has 19 heavy (non-hydrogen) atoms. The zero-order valence-corrected chi connectivity index (χ0v) is 12.4. The second-order valence-electron chi connectivity index (χ2n) is 4.78. The van der Waals surface area contributed by atoms with Crippen LogP contribution in [0.4, 0.5) is 0 Å². The van der Waals surface area contributed by atoms with Gasteiger partial charge in [0.25, 0.3) is 0 Å². The number of hydrogen-bond donors (Lipinski definition) is 0. The molecule has 0 saturated carbocycles. The fourth-order valence-electron chi connectivity index (χ4n) is 2.83. The molecule has 2 aromatic carbocycles. The molecule has 0 atom stereocenters. The largest absolute Gasteiger partial charge is 0.456 e. The summed E-state index contributed by atoms with van der Waals surface area (Å²) < 4.78 is 6.87. The fourth-order valence-corrected chi connectivity index (χ4v) is 3.52. The van der Waals surface area contributed by atoms with Gasteiger partial charge >= 0.3 is 0 Å². The number of fused-ring (bicyclic) bond motifs is 5. The Bertz CT molecular complexity index is 845. The first-order valence-corrected chi connectivity index (χ1v) is 7.41. The summed E-state index contributed by atoms with van der Waals surface area (Å²) in [5, 5.41) is 3.01. The molecule has 1 aliphatic rings. The molecule has 94 valence electrons. The van der Waals surface area contributed by atoms with Crippen molar-refractivity contribution in [1.82, 2.24) is 0 Å². The van der Waals surface area contributed by atoms with E-state index in [0.29, 0.717) is 0 Å². The van der Waals surface area contributed by atoms with Crippen molar-refractivity contribution in [3.05, 3.63) is 51.0 Å². The van der Waals surface area contributed by atoms with Crippen molar-refractivity contribution in [3.8, 4) is 0 Å². The van der Waals surface area contributed by atoms with Crippen LogP contribution in [0.1, 0.15) is 17.5 Å². The van der Waals surface area contributed by atoms with Gasteiger partial charge < -0.3 is 4.42 Å². The van der Waals surface area contributed by atoms with Gasteiger partial charge in [0, 0.05) is 15.2 Å². The Kier molecular flexibility index (Phi) is 2.51. The number of rotatable bonds is 0. The smallest absolute Gasteiger partial charge is 0.136 e. The van der Waals surface area contributed by atoms with Gasteiger partial charge in [0.15, 0.2) is 0 Å². The molecule has 1 nitrogen and oxygen atoms in total. The Hall–Kier alpha value is -1.25. The van der Waals surface area contributed by atoms with Crippen LogP contribution in [0.5, 0.6) is 0 Å². The maximum Gasteiger partial charge on any atom is 0.136 e. The van der Waals surface area contributed by atoms with Gasteiger partial charge in [0.05, 0.1) is 5.02 Å². The van der Waals surface area contributed by atoms with Crippen molar-refractivity contribution < 1.29 is 4.42 Å². The molecule has 0 amide bonds. The van der Waals surface area contributed by atoms with E-state index in [1.165, 1.54) is 16.5 Å². The van der Waals surface area contributed by atoms with Crippen LogP contribution < -0.4 is 0 Å². The quantitative estimate of drug-likeness (QED) is 0.494. The van der Waals surface area contributed by atoms with Crippen LogP contribution in [0, 0.1) is 0 Å². The third-order valence-corrected chi connectivity index (χ3v) is 5.06. The van der Waals surface area contributed by atoms with Crippen LogP contribution >= 0.6 is 27.5 Å². The van der Waals surface area contributed by atoms with Crippen LogP contribution in [0.15, 0.2) is 39.2 Å². The highest BCUT2D eigenvalue weighted by Crippen LogP contribution is 2.41. The number of halogens is 2. The summed E-state index contributed by atoms with van der Waals surface area (Å²) in [6.07, 6.45) is 6.54. The summed E-state index contributed by atoms with van der Waals surface area (Å²) in [5.41, 5.74) is 4.47. The third-order valence-electron chi connectivity index (χ3n) is 3.70. The average molecular weight is 334 g/mol. The van der Waals surface area contributed by atoms with E-state index < -0.39 is 0 Å². The van der Waals surface area contributed by atoms with Gasteiger partial charge in [-0.2, -0.15) is 0 Å². The predicted molar refractivity (Wildman–Crippen MR) is 83.8 cm³/mol. The molecule has 1 heterocycles. The summed E-state index contributed by atoms with van der Waals surface area (Å²) in [7, 11) is 0. The number of furan rings is 1. The summed E-state index contributed by atoms with van der Waals surface area (Å²) in [5.74, 6) is 0. The molecule has 3 aromatic rings. The highest BCUT2D eigenvalue weighted by Gasteiger charge is 2.18. The van der Waals surface area contributed by atoms with Gasteiger partial charge in [-0.3, -0.25) is 0 Å². The van der Waals surface area contributed by atoms with Gasteiger partial charge in [0.2, 0.25) is 0 Å². The maximum absolute atomic E-state index is 6.23. The molecule has 0 fully saturated rings. The van der Waals surface area contributed by atoms with Gasteiger partial charge in [-0.15, -0.1) is 0 Å². The van der Waals surface area contributed by atoms with Gasteiger partial charge in [0.1, 0.15) is 11.2 Å². The van der Waals surface area contributed by atoms with Crippen LogP contribution in [-0.4, -0.2) is 0 Å². The molecular weight excluding hydrogens is 324 g/mol. The second kappa shape index (κ2) is 4.12. The minimum Gasteiger partial charge on any atom is -0.456 e. The molecule has 0 bridgehead atoms. The zero-order valence-electron chi connectivity index (χ0n) is 10.0. The summed E-state index contributed by atoms with van der Waals surface area (Å²) in [6, 6.07) is 7.98. The molecule has 0 N–H and O–H groups in total. The van der Waals surface area contributed by atoms with Crippen molar-refractivity contribution in [2.75, 3.05) is 0 Å². The number of hydrogen-bond acceptors (Lipinski definition) is 1. The van der Waals surface area contributed by atoms with Crippen LogP contribution in [-0.2, 0) is 6.42 Å². The summed E-state index contributed by atoms with van der Waals surface area (Å²) in [6.45, 7) is 0. The molecule has 0 radical (unpaired) electrons. The lowest BCUT2D eigenvalue weighted by Crippen LogP contribution is -1.94. The highest BCUT2D eigenvalue weighted by atomic mass is 79.9. The van der Waals surface area contributed by atoms with Crippen LogP contribution in [0.2, 0.25) is 5.02 Å². The number of benzene rings is 2. The molecular formula is C16H10BrClO. The molecule has 3 heteroatoms. The first kappa shape index (κ1) is 11.6. The van der Waals surface area contributed by atoms with E-state index in [1.807, 2.05) is 18.2 Å². The minimum atomic E-state index is 0.721. The first-order valence-electron chi connectivity index (χ1n) is 6.24. The SMILES string of the molecule is Clc1ccc2oc3ccc4c(c3c2c1Br)CCC=C4. The fraction of sp³-hybridized carbons (Fsp3) is 0.125. The molecule has 0 aliphatic heterocycles. The van der Waals surface area contributed by atoms with E-state index in [1.54, 1.807) is 0 Å². The van der Waals surface area contributed by atoms with Crippen molar-refractivity contribution in [2.45, 2.75) is 12.8 Å². The average Bonchev–Trinajstić information content (AvgIpc) is 2.82. The van der Waals surface area contributed by atoms with E-state index in [9.17, 15) is 0 Å². The topological polar surface area (TPSA) is 13.1 Å². The number of aryl methyl sites for hydroxylation is 1. The normalized spacial score (nSPS) is 14.2. The molecule has 4 rings (SSSR count). The Morgan fingerprint density at radius 3 is 2.74 bits per heavy atom. The van der Waals surface area contributed by atoms with Crippen molar-refractivity contribution in [3.63, 3.8) is 0 Å². The minimum absolute atomic E-state index is 0.721. The van der Waals surface area contributed by atoms with Crippen LogP contribution in [0.3, 0.4) is 0 Å². The highest BCUT2D eigenvalue weighted by molar-refractivity contribution is 9.10. The van der Waals surface area contributed by atoms with Gasteiger partial charge in [-0.05, 0) is 58.1 Å². The molecule has 0 spiro atoms. The lowest BCUT2D eigenvalue weighted by molar-refractivity contribution is 0.668. The van der Waals surface area contributed by atoms with E-state index in [4.69, 9.17) is 16.0 Å². The predicted octanol–water partition coefficient (Wildman–Crippen LogP) is 5.96.